The molecule has 0 aliphatic carbocycles. The van der Waals surface area contributed by atoms with Crippen LogP contribution in [0.5, 0.6) is 0 Å². The monoisotopic (exact) mass is 334 g/mol. The van der Waals surface area contributed by atoms with Gasteiger partial charge in [-0.2, -0.15) is 8.42 Å². The van der Waals surface area contributed by atoms with Crippen LogP contribution in [0.4, 0.5) is 0 Å². The molecule has 2 rings (SSSR count). The van der Waals surface area contributed by atoms with Crippen LogP contribution in [0.2, 0.25) is 5.02 Å². The van der Waals surface area contributed by atoms with Crippen molar-refractivity contribution in [3.63, 3.8) is 0 Å². The maximum atomic E-state index is 12.1. The van der Waals surface area contributed by atoms with Crippen molar-refractivity contribution in [1.82, 2.24) is 0 Å². The molecular weight excluding hydrogens is 320 g/mol. The van der Waals surface area contributed by atoms with Crippen molar-refractivity contribution < 1.29 is 12.6 Å². The summed E-state index contributed by atoms with van der Waals surface area (Å²) in [5.41, 5.74) is 1.04. The second kappa shape index (κ2) is 7.46. The minimum atomic E-state index is -3.83. The SMILES string of the molecule is C#C[C@@H](COS(=O)(=O)c1ccc(Cl)cc1)Cc1ccccc1. The first-order valence-corrected chi connectivity index (χ1v) is 8.45. The van der Waals surface area contributed by atoms with Crippen LogP contribution in [0.1, 0.15) is 5.56 Å². The summed E-state index contributed by atoms with van der Waals surface area (Å²) in [5.74, 6) is 2.26. The average Bonchev–Trinajstić information content (AvgIpc) is 2.53. The van der Waals surface area contributed by atoms with Crippen molar-refractivity contribution in [2.45, 2.75) is 11.3 Å². The van der Waals surface area contributed by atoms with E-state index in [-0.39, 0.29) is 17.4 Å². The molecule has 0 aromatic heterocycles. The van der Waals surface area contributed by atoms with Crippen molar-refractivity contribution in [3.8, 4) is 12.3 Å². The molecule has 2 aromatic rings. The van der Waals surface area contributed by atoms with Crippen LogP contribution in [0, 0.1) is 18.3 Å². The van der Waals surface area contributed by atoms with Gasteiger partial charge in [0.15, 0.2) is 0 Å². The zero-order valence-electron chi connectivity index (χ0n) is 11.8. The molecule has 114 valence electrons. The summed E-state index contributed by atoms with van der Waals surface area (Å²) >= 11 is 5.74. The molecule has 0 aliphatic heterocycles. The summed E-state index contributed by atoms with van der Waals surface area (Å²) in [6.45, 7) is -0.0592. The molecule has 0 N–H and O–H groups in total. The maximum absolute atomic E-state index is 12.1. The van der Waals surface area contributed by atoms with Gasteiger partial charge >= 0.3 is 0 Å². The lowest BCUT2D eigenvalue weighted by atomic mass is 10.0. The standard InChI is InChI=1S/C17H15ClO3S/c1-2-14(12-15-6-4-3-5-7-15)13-21-22(19,20)17-10-8-16(18)9-11-17/h1,3-11,14H,12-13H2/t14-/m1/s1. The van der Waals surface area contributed by atoms with Gasteiger partial charge in [0.2, 0.25) is 0 Å². The Morgan fingerprint density at radius 3 is 2.32 bits per heavy atom. The highest BCUT2D eigenvalue weighted by molar-refractivity contribution is 7.86. The van der Waals surface area contributed by atoms with Crippen LogP contribution in [-0.2, 0) is 20.7 Å². The minimum absolute atomic E-state index is 0.0592. The zero-order chi connectivity index (χ0) is 16.0. The predicted molar refractivity (Wildman–Crippen MR) is 87.1 cm³/mol. The molecule has 0 saturated carbocycles. The average molecular weight is 335 g/mol. The van der Waals surface area contributed by atoms with Gasteiger partial charge in [0.05, 0.1) is 11.5 Å². The normalized spacial score (nSPS) is 12.5. The quantitative estimate of drug-likeness (QED) is 0.599. The number of terminal acetylenes is 1. The van der Waals surface area contributed by atoms with Crippen molar-refractivity contribution in [2.24, 2.45) is 5.92 Å². The van der Waals surface area contributed by atoms with E-state index in [0.717, 1.165) is 5.56 Å². The first-order chi connectivity index (χ1) is 10.5. The van der Waals surface area contributed by atoms with E-state index in [9.17, 15) is 8.42 Å². The molecule has 0 aliphatic rings. The fraction of sp³-hybridized carbons (Fsp3) is 0.176. The highest BCUT2D eigenvalue weighted by atomic mass is 35.5. The van der Waals surface area contributed by atoms with Gasteiger partial charge in [0.25, 0.3) is 10.1 Å². The third kappa shape index (κ3) is 4.60. The lowest BCUT2D eigenvalue weighted by molar-refractivity contribution is 0.283. The molecule has 3 nitrogen and oxygen atoms in total. The molecule has 0 heterocycles. The molecule has 0 saturated heterocycles. The van der Waals surface area contributed by atoms with E-state index in [1.165, 1.54) is 24.3 Å². The Hall–Kier alpha value is -1.80. The summed E-state index contributed by atoms with van der Waals surface area (Å²) in [5, 5.41) is 0.463. The smallest absolute Gasteiger partial charge is 0.265 e. The van der Waals surface area contributed by atoms with Gasteiger partial charge < -0.3 is 0 Å². The Bertz CT molecular complexity index is 747. The summed E-state index contributed by atoms with van der Waals surface area (Å²) in [6, 6.07) is 15.4. The molecule has 1 atom stereocenters. The molecule has 0 spiro atoms. The summed E-state index contributed by atoms with van der Waals surface area (Å²) < 4.78 is 29.2. The summed E-state index contributed by atoms with van der Waals surface area (Å²) in [7, 11) is -3.83. The minimum Gasteiger partial charge on any atom is -0.265 e. The number of rotatable bonds is 6. The first kappa shape index (κ1) is 16.6. The third-order valence-electron chi connectivity index (χ3n) is 3.09. The van der Waals surface area contributed by atoms with Crippen molar-refractivity contribution >= 4 is 21.7 Å². The van der Waals surface area contributed by atoms with E-state index in [4.69, 9.17) is 22.2 Å². The predicted octanol–water partition coefficient (Wildman–Crippen LogP) is 3.54. The van der Waals surface area contributed by atoms with Gasteiger partial charge in [0.1, 0.15) is 0 Å². The van der Waals surface area contributed by atoms with Crippen LogP contribution in [0.15, 0.2) is 59.5 Å². The number of halogens is 1. The van der Waals surface area contributed by atoms with Crippen LogP contribution in [-0.4, -0.2) is 15.0 Å². The summed E-state index contributed by atoms with van der Waals surface area (Å²) in [6.07, 6.45) is 6.03. The van der Waals surface area contributed by atoms with Crippen molar-refractivity contribution in [3.05, 3.63) is 65.2 Å². The molecule has 0 radical (unpaired) electrons. The molecule has 0 unspecified atom stereocenters. The van der Waals surface area contributed by atoms with Gasteiger partial charge in [-0.3, -0.25) is 4.18 Å². The Morgan fingerprint density at radius 2 is 1.73 bits per heavy atom. The number of benzene rings is 2. The van der Waals surface area contributed by atoms with Crippen LogP contribution < -0.4 is 0 Å². The van der Waals surface area contributed by atoms with E-state index < -0.39 is 10.1 Å². The number of hydrogen-bond acceptors (Lipinski definition) is 3. The van der Waals surface area contributed by atoms with E-state index >= 15 is 0 Å². The molecule has 22 heavy (non-hydrogen) atoms. The van der Waals surface area contributed by atoms with Crippen molar-refractivity contribution in [1.29, 1.82) is 0 Å². The summed E-state index contributed by atoms with van der Waals surface area (Å²) in [4.78, 5) is 0.0624. The molecule has 5 heteroatoms. The Labute approximate surface area is 136 Å². The highest BCUT2D eigenvalue weighted by Crippen LogP contribution is 2.18. The van der Waals surface area contributed by atoms with Crippen LogP contribution >= 0.6 is 11.6 Å². The van der Waals surface area contributed by atoms with Gasteiger partial charge in [0, 0.05) is 10.9 Å². The van der Waals surface area contributed by atoms with E-state index in [1.807, 2.05) is 30.3 Å². The molecule has 0 amide bonds. The Morgan fingerprint density at radius 1 is 1.09 bits per heavy atom. The van der Waals surface area contributed by atoms with Crippen molar-refractivity contribution in [2.75, 3.05) is 6.61 Å². The molecular formula is C17H15ClO3S. The van der Waals surface area contributed by atoms with Crippen LogP contribution in [0.25, 0.3) is 0 Å². The third-order valence-corrected chi connectivity index (χ3v) is 4.64. The lowest BCUT2D eigenvalue weighted by Crippen LogP contribution is -2.15. The number of hydrogen-bond donors (Lipinski definition) is 0. The lowest BCUT2D eigenvalue weighted by Gasteiger charge is -2.11. The molecule has 0 fully saturated rings. The fourth-order valence-electron chi connectivity index (χ4n) is 1.91. The maximum Gasteiger partial charge on any atom is 0.297 e. The van der Waals surface area contributed by atoms with E-state index in [2.05, 4.69) is 5.92 Å². The first-order valence-electron chi connectivity index (χ1n) is 6.66. The van der Waals surface area contributed by atoms with Crippen LogP contribution in [0.3, 0.4) is 0 Å². The Balaban J connectivity index is 2.01. The highest BCUT2D eigenvalue weighted by Gasteiger charge is 2.17. The zero-order valence-corrected chi connectivity index (χ0v) is 13.3. The van der Waals surface area contributed by atoms with Gasteiger partial charge in [-0.05, 0) is 36.2 Å². The van der Waals surface area contributed by atoms with E-state index in [1.54, 1.807) is 0 Å². The van der Waals surface area contributed by atoms with Gasteiger partial charge in [-0.15, -0.1) is 12.3 Å². The fourth-order valence-corrected chi connectivity index (χ4v) is 2.98. The topological polar surface area (TPSA) is 43.4 Å². The van der Waals surface area contributed by atoms with Gasteiger partial charge in [-0.25, -0.2) is 0 Å². The molecule has 2 aromatic carbocycles. The largest absolute Gasteiger partial charge is 0.297 e. The molecule has 0 bridgehead atoms. The second-order valence-corrected chi connectivity index (χ2v) is 6.80. The van der Waals surface area contributed by atoms with E-state index in [0.29, 0.717) is 11.4 Å². The van der Waals surface area contributed by atoms with Gasteiger partial charge in [-0.1, -0.05) is 41.9 Å². The second-order valence-electron chi connectivity index (χ2n) is 4.75. The Kier molecular flexibility index (Phi) is 5.62.